The Labute approximate surface area is 117 Å². The number of amides is 1. The Kier molecular flexibility index (Phi) is 4.68. The number of hydrogen-bond donors (Lipinski definition) is 2. The molecule has 0 atom stereocenters. The van der Waals surface area contributed by atoms with E-state index in [2.05, 4.69) is 10.3 Å². The van der Waals surface area contributed by atoms with E-state index in [9.17, 15) is 9.90 Å². The second kappa shape index (κ2) is 6.68. The van der Waals surface area contributed by atoms with Crippen LogP contribution in [0.15, 0.2) is 42.7 Å². The minimum Gasteiger partial charge on any atom is -0.506 e. The van der Waals surface area contributed by atoms with Crippen molar-refractivity contribution in [3.8, 4) is 5.75 Å². The molecule has 1 heterocycles. The number of carbonyl (C=O) groups is 1. The van der Waals surface area contributed by atoms with Crippen LogP contribution in [0.25, 0.3) is 0 Å². The summed E-state index contributed by atoms with van der Waals surface area (Å²) >= 11 is 0. The van der Waals surface area contributed by atoms with Crippen molar-refractivity contribution in [1.82, 2.24) is 10.3 Å². The van der Waals surface area contributed by atoms with Crippen molar-refractivity contribution >= 4 is 5.91 Å². The minimum absolute atomic E-state index is 0.0302. The quantitative estimate of drug-likeness (QED) is 0.871. The third-order valence-electron chi connectivity index (χ3n) is 2.84. The van der Waals surface area contributed by atoms with Crippen molar-refractivity contribution in [2.45, 2.75) is 13.2 Å². The van der Waals surface area contributed by atoms with Crippen LogP contribution in [-0.4, -0.2) is 23.1 Å². The molecule has 5 nitrogen and oxygen atoms in total. The van der Waals surface area contributed by atoms with Crippen molar-refractivity contribution in [3.63, 3.8) is 0 Å². The summed E-state index contributed by atoms with van der Waals surface area (Å²) < 4.78 is 5.12. The summed E-state index contributed by atoms with van der Waals surface area (Å²) in [7, 11) is 1.63. The summed E-state index contributed by atoms with van der Waals surface area (Å²) in [5.41, 5.74) is 2.36. The van der Waals surface area contributed by atoms with E-state index in [4.69, 9.17) is 4.74 Å². The van der Waals surface area contributed by atoms with Crippen LogP contribution in [0.5, 0.6) is 5.75 Å². The van der Waals surface area contributed by atoms with Gasteiger partial charge in [-0.3, -0.25) is 9.78 Å². The predicted octanol–water partition coefficient (Wildman–Crippen LogP) is 1.86. The molecule has 5 heteroatoms. The molecule has 1 aromatic carbocycles. The molecule has 2 aromatic rings. The van der Waals surface area contributed by atoms with Crippen LogP contribution in [0, 0.1) is 0 Å². The first kappa shape index (κ1) is 14.0. The van der Waals surface area contributed by atoms with Crippen LogP contribution < -0.4 is 5.32 Å². The van der Waals surface area contributed by atoms with Gasteiger partial charge in [-0.05, 0) is 17.2 Å². The second-order valence-corrected chi connectivity index (χ2v) is 4.32. The number of nitrogens with one attached hydrogen (secondary N) is 1. The van der Waals surface area contributed by atoms with E-state index in [1.165, 1.54) is 18.5 Å². The lowest BCUT2D eigenvalue weighted by Crippen LogP contribution is -2.23. The number of carbonyl (C=O) groups excluding carboxylic acids is 1. The van der Waals surface area contributed by atoms with Gasteiger partial charge in [0.05, 0.1) is 18.4 Å². The van der Waals surface area contributed by atoms with Crippen molar-refractivity contribution in [2.24, 2.45) is 0 Å². The van der Waals surface area contributed by atoms with Gasteiger partial charge in [-0.25, -0.2) is 0 Å². The zero-order chi connectivity index (χ0) is 14.4. The predicted molar refractivity (Wildman–Crippen MR) is 74.2 cm³/mol. The number of benzene rings is 1. The highest BCUT2D eigenvalue weighted by atomic mass is 16.5. The Morgan fingerprint density at radius 2 is 2.05 bits per heavy atom. The van der Waals surface area contributed by atoms with Crippen LogP contribution in [0.4, 0.5) is 0 Å². The zero-order valence-electron chi connectivity index (χ0n) is 11.2. The number of ether oxygens (including phenoxy) is 1. The lowest BCUT2D eigenvalue weighted by molar-refractivity contribution is 0.0949. The zero-order valence-corrected chi connectivity index (χ0v) is 11.2. The first-order valence-electron chi connectivity index (χ1n) is 6.18. The number of pyridine rings is 1. The molecule has 0 aliphatic heterocycles. The van der Waals surface area contributed by atoms with E-state index in [0.717, 1.165) is 11.1 Å². The van der Waals surface area contributed by atoms with Gasteiger partial charge in [-0.1, -0.05) is 24.3 Å². The Hall–Kier alpha value is -2.40. The Balaban J connectivity index is 2.03. The third kappa shape index (κ3) is 3.55. The molecule has 0 fully saturated rings. The summed E-state index contributed by atoms with van der Waals surface area (Å²) in [4.78, 5) is 15.7. The molecule has 0 bridgehead atoms. The fourth-order valence-electron chi connectivity index (χ4n) is 1.86. The van der Waals surface area contributed by atoms with Crippen LogP contribution in [0.3, 0.4) is 0 Å². The summed E-state index contributed by atoms with van der Waals surface area (Å²) in [6, 6.07) is 9.12. The van der Waals surface area contributed by atoms with Crippen molar-refractivity contribution in [1.29, 1.82) is 0 Å². The summed E-state index contributed by atoms with van der Waals surface area (Å²) in [6.45, 7) is 0.897. The average Bonchev–Trinajstić information content (AvgIpc) is 2.46. The molecule has 1 amide bonds. The van der Waals surface area contributed by atoms with E-state index in [1.807, 2.05) is 24.3 Å². The fraction of sp³-hybridized carbons (Fsp3) is 0.200. The van der Waals surface area contributed by atoms with Gasteiger partial charge in [0, 0.05) is 19.9 Å². The smallest absolute Gasteiger partial charge is 0.253 e. The number of aromatic hydroxyl groups is 1. The van der Waals surface area contributed by atoms with Gasteiger partial charge in [0.25, 0.3) is 5.91 Å². The third-order valence-corrected chi connectivity index (χ3v) is 2.84. The minimum atomic E-state index is -0.277. The second-order valence-electron chi connectivity index (χ2n) is 4.32. The lowest BCUT2D eigenvalue weighted by Gasteiger charge is -2.10. The van der Waals surface area contributed by atoms with Crippen LogP contribution in [0.2, 0.25) is 0 Å². The first-order valence-corrected chi connectivity index (χ1v) is 6.18. The monoisotopic (exact) mass is 272 g/mol. The largest absolute Gasteiger partial charge is 0.506 e. The number of hydrogen-bond acceptors (Lipinski definition) is 4. The summed E-state index contributed by atoms with van der Waals surface area (Å²) in [6.07, 6.45) is 2.70. The van der Waals surface area contributed by atoms with Gasteiger partial charge in [0.2, 0.25) is 0 Å². The van der Waals surface area contributed by atoms with Gasteiger partial charge >= 0.3 is 0 Å². The molecule has 0 aliphatic rings. The first-order chi connectivity index (χ1) is 9.70. The van der Waals surface area contributed by atoms with Gasteiger partial charge in [0.1, 0.15) is 5.75 Å². The SMILES string of the molecule is COCc1ccccc1CNC(=O)c1cncc(O)c1. The van der Waals surface area contributed by atoms with Gasteiger partial charge in [-0.2, -0.15) is 0 Å². The average molecular weight is 272 g/mol. The maximum atomic E-state index is 11.9. The molecule has 0 radical (unpaired) electrons. The molecular weight excluding hydrogens is 256 g/mol. The molecule has 0 saturated carbocycles. The van der Waals surface area contributed by atoms with E-state index in [0.29, 0.717) is 18.7 Å². The van der Waals surface area contributed by atoms with Gasteiger partial charge in [0.15, 0.2) is 0 Å². The molecular formula is C15H16N2O3. The molecule has 104 valence electrons. The topological polar surface area (TPSA) is 71.5 Å². The number of aromatic nitrogens is 1. The summed E-state index contributed by atoms with van der Waals surface area (Å²) in [5.74, 6) is -0.307. The lowest BCUT2D eigenvalue weighted by atomic mass is 10.1. The molecule has 20 heavy (non-hydrogen) atoms. The molecule has 0 spiro atoms. The molecule has 2 N–H and O–H groups in total. The highest BCUT2D eigenvalue weighted by Gasteiger charge is 2.08. The molecule has 0 saturated heterocycles. The Morgan fingerprint density at radius 3 is 2.75 bits per heavy atom. The molecule has 0 aliphatic carbocycles. The van der Waals surface area contributed by atoms with Gasteiger partial charge in [-0.15, -0.1) is 0 Å². The standard InChI is InChI=1S/C15H16N2O3/c1-20-10-12-5-3-2-4-11(12)8-17-15(19)13-6-14(18)9-16-7-13/h2-7,9,18H,8,10H2,1H3,(H,17,19). The number of rotatable bonds is 5. The number of nitrogens with zero attached hydrogens (tertiary/aromatic N) is 1. The highest BCUT2D eigenvalue weighted by molar-refractivity contribution is 5.94. The highest BCUT2D eigenvalue weighted by Crippen LogP contribution is 2.11. The maximum Gasteiger partial charge on any atom is 0.253 e. The molecule has 2 rings (SSSR count). The van der Waals surface area contributed by atoms with Crippen LogP contribution in [-0.2, 0) is 17.9 Å². The van der Waals surface area contributed by atoms with E-state index in [1.54, 1.807) is 7.11 Å². The van der Waals surface area contributed by atoms with Crippen molar-refractivity contribution in [3.05, 3.63) is 59.4 Å². The van der Waals surface area contributed by atoms with Crippen LogP contribution >= 0.6 is 0 Å². The Morgan fingerprint density at radius 1 is 1.30 bits per heavy atom. The van der Waals surface area contributed by atoms with Crippen molar-refractivity contribution in [2.75, 3.05) is 7.11 Å². The normalized spacial score (nSPS) is 10.2. The van der Waals surface area contributed by atoms with Crippen LogP contribution in [0.1, 0.15) is 21.5 Å². The van der Waals surface area contributed by atoms with E-state index < -0.39 is 0 Å². The Bertz CT molecular complexity index is 599. The number of methoxy groups -OCH3 is 1. The molecule has 0 unspecified atom stereocenters. The van der Waals surface area contributed by atoms with E-state index >= 15 is 0 Å². The fourth-order valence-corrected chi connectivity index (χ4v) is 1.86. The van der Waals surface area contributed by atoms with Crippen molar-refractivity contribution < 1.29 is 14.6 Å². The molecule has 1 aromatic heterocycles. The summed E-state index contributed by atoms with van der Waals surface area (Å²) in [5, 5.41) is 12.1. The van der Waals surface area contributed by atoms with E-state index in [-0.39, 0.29) is 11.7 Å². The maximum absolute atomic E-state index is 11.9. The van der Waals surface area contributed by atoms with Gasteiger partial charge < -0.3 is 15.2 Å².